The van der Waals surface area contributed by atoms with Crippen molar-refractivity contribution in [1.29, 1.82) is 0 Å². The molecule has 1 unspecified atom stereocenters. The molecule has 1 heterocycles. The third-order valence-electron chi connectivity index (χ3n) is 6.05. The van der Waals surface area contributed by atoms with E-state index < -0.39 is 5.67 Å². The van der Waals surface area contributed by atoms with Gasteiger partial charge in [-0.05, 0) is 70.0 Å². The average Bonchev–Trinajstić information content (AvgIpc) is 2.69. The Hall–Kier alpha value is -2.21. The van der Waals surface area contributed by atoms with Crippen LogP contribution in [0, 0.1) is 19.7 Å². The Bertz CT molecular complexity index is 823. The summed E-state index contributed by atoms with van der Waals surface area (Å²) in [5.74, 6) is 0.591. The van der Waals surface area contributed by atoms with Crippen molar-refractivity contribution in [3.63, 3.8) is 0 Å². The molecule has 1 aliphatic rings. The molecule has 6 heteroatoms. The van der Waals surface area contributed by atoms with Gasteiger partial charge in [0.05, 0.1) is 6.54 Å². The molecular formula is C24H36F2N4. The zero-order valence-electron chi connectivity index (χ0n) is 19.3. The minimum Gasteiger partial charge on any atom is -0.366 e. The first-order chi connectivity index (χ1) is 14.0. The van der Waals surface area contributed by atoms with Crippen LogP contribution in [0.25, 0.3) is 0 Å². The normalized spacial score (nSPS) is 17.4. The van der Waals surface area contributed by atoms with E-state index in [1.54, 1.807) is 19.2 Å². The van der Waals surface area contributed by atoms with Crippen LogP contribution in [0.5, 0.6) is 0 Å². The number of alkyl halides is 1. The number of aliphatic imine (C=N–C) groups is 1. The number of likely N-dealkylation sites (N-methyl/N-ethyl adjacent to an activating group) is 1. The summed E-state index contributed by atoms with van der Waals surface area (Å²) in [6.45, 7) is 17.1. The van der Waals surface area contributed by atoms with Crippen LogP contribution in [-0.2, 0) is 6.42 Å². The molecule has 4 nitrogen and oxygen atoms in total. The van der Waals surface area contributed by atoms with E-state index in [1.807, 2.05) is 25.8 Å². The summed E-state index contributed by atoms with van der Waals surface area (Å²) in [6.07, 6.45) is 1.46. The zero-order chi connectivity index (χ0) is 22.6. The number of benzene rings is 1. The van der Waals surface area contributed by atoms with Crippen molar-refractivity contribution >= 4 is 5.84 Å². The summed E-state index contributed by atoms with van der Waals surface area (Å²) >= 11 is 0. The summed E-state index contributed by atoms with van der Waals surface area (Å²) < 4.78 is 28.3. The molecule has 0 bridgehead atoms. The summed E-state index contributed by atoms with van der Waals surface area (Å²) in [6, 6.07) is 3.33. The van der Waals surface area contributed by atoms with Gasteiger partial charge in [-0.2, -0.15) is 0 Å². The van der Waals surface area contributed by atoms with E-state index in [0.29, 0.717) is 18.8 Å². The molecule has 30 heavy (non-hydrogen) atoms. The Morgan fingerprint density at radius 2 is 1.93 bits per heavy atom. The maximum atomic E-state index is 14.4. The first-order valence-electron chi connectivity index (χ1n) is 10.4. The lowest BCUT2D eigenvalue weighted by molar-refractivity contribution is 0.201. The fourth-order valence-corrected chi connectivity index (χ4v) is 3.81. The minimum atomic E-state index is -1.49. The highest BCUT2D eigenvalue weighted by molar-refractivity contribution is 5.86. The molecule has 0 aliphatic carbocycles. The van der Waals surface area contributed by atoms with Crippen LogP contribution < -0.4 is 5.32 Å². The van der Waals surface area contributed by atoms with Crippen LogP contribution in [0.2, 0.25) is 0 Å². The van der Waals surface area contributed by atoms with Crippen molar-refractivity contribution < 1.29 is 8.78 Å². The molecule has 2 rings (SSSR count). The number of piperazine rings is 1. The quantitative estimate of drug-likeness (QED) is 0.680. The van der Waals surface area contributed by atoms with Gasteiger partial charge in [-0.1, -0.05) is 13.2 Å². The Labute approximate surface area is 180 Å². The molecule has 1 atom stereocenters. The largest absolute Gasteiger partial charge is 0.366 e. The molecular weight excluding hydrogens is 382 g/mol. The third-order valence-corrected chi connectivity index (χ3v) is 6.05. The van der Waals surface area contributed by atoms with E-state index in [0.717, 1.165) is 47.6 Å². The molecule has 0 aromatic heterocycles. The Kier molecular flexibility index (Phi) is 7.81. The Balaban J connectivity index is 2.06. The first kappa shape index (κ1) is 24.1. The number of amidine groups is 1. The molecule has 0 amide bonds. The second-order valence-electron chi connectivity index (χ2n) is 8.60. The number of nitrogens with one attached hydrogen (secondary N) is 1. The van der Waals surface area contributed by atoms with Gasteiger partial charge in [-0.25, -0.2) is 8.78 Å². The number of allylic oxidation sites excluding steroid dienone is 1. The van der Waals surface area contributed by atoms with Crippen LogP contribution >= 0.6 is 0 Å². The molecule has 1 saturated heterocycles. The fraction of sp³-hybridized carbons (Fsp3) is 0.542. The predicted molar refractivity (Wildman–Crippen MR) is 122 cm³/mol. The summed E-state index contributed by atoms with van der Waals surface area (Å²) in [7, 11) is 3.64. The monoisotopic (exact) mass is 418 g/mol. The van der Waals surface area contributed by atoms with E-state index in [2.05, 4.69) is 28.4 Å². The van der Waals surface area contributed by atoms with Gasteiger partial charge in [0, 0.05) is 44.0 Å². The summed E-state index contributed by atoms with van der Waals surface area (Å²) in [5.41, 5.74) is 3.04. The standard InChI is InChI=1S/C24H36F2N4/c1-16-11-21(25)13-20(18(16)3)14-22(27-7)12-17(2)29-9-10-30(23(15-29)28-8)19(4)24(5,6)26/h11,13,22,27H,2,4,9-10,12,14-15H2,1,3,5-8H3/b28-23-. The molecule has 1 N–H and O–H groups in total. The zero-order valence-corrected chi connectivity index (χ0v) is 19.3. The van der Waals surface area contributed by atoms with Crippen LogP contribution in [-0.4, -0.2) is 61.1 Å². The van der Waals surface area contributed by atoms with Crippen LogP contribution in [0.3, 0.4) is 0 Å². The predicted octanol–water partition coefficient (Wildman–Crippen LogP) is 4.38. The number of rotatable bonds is 8. The van der Waals surface area contributed by atoms with Gasteiger partial charge < -0.3 is 15.1 Å². The smallest absolute Gasteiger partial charge is 0.144 e. The molecule has 1 aromatic carbocycles. The lowest BCUT2D eigenvalue weighted by atomic mass is 9.95. The molecule has 1 fully saturated rings. The minimum absolute atomic E-state index is 0.136. The molecule has 0 saturated carbocycles. The number of hydrogen-bond acceptors (Lipinski definition) is 3. The van der Waals surface area contributed by atoms with Crippen LogP contribution in [0.15, 0.2) is 41.7 Å². The highest BCUT2D eigenvalue weighted by Crippen LogP contribution is 2.26. The maximum Gasteiger partial charge on any atom is 0.144 e. The van der Waals surface area contributed by atoms with E-state index in [1.165, 1.54) is 13.8 Å². The second kappa shape index (κ2) is 9.73. The molecule has 1 aliphatic heterocycles. The Morgan fingerprint density at radius 3 is 2.50 bits per heavy atom. The van der Waals surface area contributed by atoms with Crippen molar-refractivity contribution in [2.24, 2.45) is 4.99 Å². The van der Waals surface area contributed by atoms with Gasteiger partial charge >= 0.3 is 0 Å². The average molecular weight is 419 g/mol. The fourth-order valence-electron chi connectivity index (χ4n) is 3.81. The second-order valence-corrected chi connectivity index (χ2v) is 8.60. The molecule has 0 radical (unpaired) electrons. The molecule has 166 valence electrons. The maximum absolute atomic E-state index is 14.4. The van der Waals surface area contributed by atoms with Gasteiger partial charge in [0.1, 0.15) is 17.3 Å². The number of hydrogen-bond donors (Lipinski definition) is 1. The van der Waals surface area contributed by atoms with Crippen molar-refractivity contribution in [1.82, 2.24) is 15.1 Å². The van der Waals surface area contributed by atoms with Crippen LogP contribution in [0.4, 0.5) is 8.78 Å². The van der Waals surface area contributed by atoms with Crippen molar-refractivity contribution in [2.45, 2.75) is 52.2 Å². The number of nitrogens with zero attached hydrogens (tertiary/aromatic N) is 3. The van der Waals surface area contributed by atoms with E-state index >= 15 is 0 Å². The van der Waals surface area contributed by atoms with Crippen LogP contribution in [0.1, 0.15) is 37.0 Å². The van der Waals surface area contributed by atoms with Gasteiger partial charge in [-0.3, -0.25) is 4.99 Å². The third kappa shape index (κ3) is 5.69. The SMILES string of the molecule is C=C(CC(Cc1cc(F)cc(C)c1C)NC)N1CCN(C(=C)C(C)(C)F)/C(=N\C)C1. The molecule has 0 spiro atoms. The van der Waals surface area contributed by atoms with Crippen molar-refractivity contribution in [2.75, 3.05) is 33.7 Å². The highest BCUT2D eigenvalue weighted by Gasteiger charge is 2.32. The van der Waals surface area contributed by atoms with Crippen molar-refractivity contribution in [3.8, 4) is 0 Å². The summed E-state index contributed by atoms with van der Waals surface area (Å²) in [4.78, 5) is 8.43. The van der Waals surface area contributed by atoms with Crippen molar-refractivity contribution in [3.05, 3.63) is 59.2 Å². The lowest BCUT2D eigenvalue weighted by Gasteiger charge is -2.42. The summed E-state index contributed by atoms with van der Waals surface area (Å²) in [5, 5.41) is 3.34. The van der Waals surface area contributed by atoms with Gasteiger partial charge in [0.15, 0.2) is 0 Å². The highest BCUT2D eigenvalue weighted by atomic mass is 19.1. The topological polar surface area (TPSA) is 30.9 Å². The lowest BCUT2D eigenvalue weighted by Crippen LogP contribution is -2.51. The molecule has 1 aromatic rings. The van der Waals surface area contributed by atoms with E-state index in [-0.39, 0.29) is 11.9 Å². The Morgan fingerprint density at radius 1 is 1.27 bits per heavy atom. The van der Waals surface area contributed by atoms with Gasteiger partial charge in [-0.15, -0.1) is 0 Å². The van der Waals surface area contributed by atoms with Gasteiger partial charge in [0.25, 0.3) is 0 Å². The number of aryl methyl sites for hydroxylation is 1. The van der Waals surface area contributed by atoms with Gasteiger partial charge in [0.2, 0.25) is 0 Å². The first-order valence-corrected chi connectivity index (χ1v) is 10.4. The van der Waals surface area contributed by atoms with E-state index in [9.17, 15) is 8.78 Å². The number of halogens is 2. The van der Waals surface area contributed by atoms with E-state index in [4.69, 9.17) is 0 Å².